The van der Waals surface area contributed by atoms with Gasteiger partial charge in [-0.1, -0.05) is 43.2 Å². The fraction of sp³-hybridized carbons (Fsp3) is 0.389. The van der Waals surface area contributed by atoms with Crippen LogP contribution >= 0.6 is 11.3 Å². The lowest BCUT2D eigenvalue weighted by Gasteiger charge is -2.07. The summed E-state index contributed by atoms with van der Waals surface area (Å²) in [6.07, 6.45) is 5.65. The Morgan fingerprint density at radius 1 is 1.27 bits per heavy atom. The monoisotopic (exact) mass is 371 g/mol. The lowest BCUT2D eigenvalue weighted by Crippen LogP contribution is -2.28. The van der Waals surface area contributed by atoms with Crippen LogP contribution in [0.4, 0.5) is 5.13 Å². The quantitative estimate of drug-likeness (QED) is 0.645. The highest BCUT2D eigenvalue weighted by Crippen LogP contribution is 2.17. The van der Waals surface area contributed by atoms with E-state index in [0.717, 1.165) is 36.3 Å². The smallest absolute Gasteiger partial charge is 0.261 e. The van der Waals surface area contributed by atoms with E-state index in [1.807, 2.05) is 19.1 Å². The largest absolute Gasteiger partial charge is 0.299 e. The summed E-state index contributed by atoms with van der Waals surface area (Å²) in [6.45, 7) is 3.94. The van der Waals surface area contributed by atoms with Gasteiger partial charge in [0.1, 0.15) is 11.6 Å². The molecule has 2 aromatic heterocycles. The molecule has 0 radical (unpaired) electrons. The molecule has 1 aromatic carbocycles. The van der Waals surface area contributed by atoms with Gasteiger partial charge in [0.15, 0.2) is 0 Å². The molecular formula is C18H21N5O2S. The van der Waals surface area contributed by atoms with Crippen LogP contribution in [0.2, 0.25) is 0 Å². The van der Waals surface area contributed by atoms with E-state index in [4.69, 9.17) is 0 Å². The number of para-hydroxylation sites is 1. The average molecular weight is 371 g/mol. The van der Waals surface area contributed by atoms with Gasteiger partial charge in [0.25, 0.3) is 5.56 Å². The molecule has 1 N–H and O–H groups in total. The standard InChI is InChI=1S/C18H21N5O2S/c1-3-4-5-9-15-21-22-18(26-15)20-14(24)10-23-11-19-16-12(2)7-6-8-13(16)17(23)25/h6-8,11H,3-5,9-10H2,1-2H3,(H,20,22,24). The van der Waals surface area contributed by atoms with E-state index in [0.29, 0.717) is 16.0 Å². The maximum absolute atomic E-state index is 12.5. The summed E-state index contributed by atoms with van der Waals surface area (Å²) in [5, 5.41) is 12.7. The van der Waals surface area contributed by atoms with Crippen molar-refractivity contribution in [2.24, 2.45) is 0 Å². The number of carbonyl (C=O) groups excluding carboxylic acids is 1. The molecule has 0 atom stereocenters. The van der Waals surface area contributed by atoms with Gasteiger partial charge in [-0.15, -0.1) is 10.2 Å². The molecule has 1 amide bonds. The van der Waals surface area contributed by atoms with Crippen molar-refractivity contribution in [3.05, 3.63) is 45.5 Å². The highest BCUT2D eigenvalue weighted by atomic mass is 32.1. The van der Waals surface area contributed by atoms with Crippen molar-refractivity contribution in [2.45, 2.75) is 46.1 Å². The van der Waals surface area contributed by atoms with Crippen LogP contribution in [-0.2, 0) is 17.8 Å². The summed E-state index contributed by atoms with van der Waals surface area (Å²) < 4.78 is 1.31. The Morgan fingerprint density at radius 2 is 2.12 bits per heavy atom. The number of fused-ring (bicyclic) bond motifs is 1. The summed E-state index contributed by atoms with van der Waals surface area (Å²) in [5.41, 5.74) is 1.36. The van der Waals surface area contributed by atoms with E-state index in [1.165, 1.54) is 22.2 Å². The number of nitrogens with one attached hydrogen (secondary N) is 1. The zero-order valence-corrected chi connectivity index (χ0v) is 15.7. The van der Waals surface area contributed by atoms with E-state index in [1.54, 1.807) is 6.07 Å². The van der Waals surface area contributed by atoms with Crippen LogP contribution in [0.15, 0.2) is 29.3 Å². The van der Waals surface area contributed by atoms with Gasteiger partial charge in [0.05, 0.1) is 17.2 Å². The lowest BCUT2D eigenvalue weighted by atomic mass is 10.1. The SMILES string of the molecule is CCCCCc1nnc(NC(=O)Cn2cnc3c(C)cccc3c2=O)s1. The van der Waals surface area contributed by atoms with Crippen LogP contribution in [0.3, 0.4) is 0 Å². The van der Waals surface area contributed by atoms with Gasteiger partial charge < -0.3 is 0 Å². The fourth-order valence-electron chi connectivity index (χ4n) is 2.69. The molecule has 3 rings (SSSR count). The van der Waals surface area contributed by atoms with E-state index in [2.05, 4.69) is 27.4 Å². The second kappa shape index (κ2) is 8.18. The molecule has 0 saturated carbocycles. The van der Waals surface area contributed by atoms with Crippen molar-refractivity contribution in [3.63, 3.8) is 0 Å². The van der Waals surface area contributed by atoms with Crippen molar-refractivity contribution in [2.75, 3.05) is 5.32 Å². The third-order valence-corrected chi connectivity index (χ3v) is 4.98. The number of rotatable bonds is 7. The summed E-state index contributed by atoms with van der Waals surface area (Å²) in [4.78, 5) is 29.1. The van der Waals surface area contributed by atoms with Crippen molar-refractivity contribution in [1.29, 1.82) is 0 Å². The molecule has 8 heteroatoms. The minimum Gasteiger partial charge on any atom is -0.299 e. The summed E-state index contributed by atoms with van der Waals surface area (Å²) in [5.74, 6) is -0.322. The predicted molar refractivity (Wildman–Crippen MR) is 103 cm³/mol. The summed E-state index contributed by atoms with van der Waals surface area (Å²) in [6, 6.07) is 5.44. The molecule has 26 heavy (non-hydrogen) atoms. The van der Waals surface area contributed by atoms with Crippen molar-refractivity contribution in [3.8, 4) is 0 Å². The third kappa shape index (κ3) is 4.13. The van der Waals surface area contributed by atoms with Crippen molar-refractivity contribution >= 4 is 33.3 Å². The number of nitrogens with zero attached hydrogens (tertiary/aromatic N) is 4. The molecule has 0 aliphatic rings. The zero-order chi connectivity index (χ0) is 18.5. The maximum Gasteiger partial charge on any atom is 0.261 e. The van der Waals surface area contributed by atoms with Crippen LogP contribution in [-0.4, -0.2) is 25.7 Å². The van der Waals surface area contributed by atoms with Gasteiger partial charge in [0, 0.05) is 6.42 Å². The minimum atomic E-state index is -0.322. The van der Waals surface area contributed by atoms with Gasteiger partial charge in [-0.3, -0.25) is 19.5 Å². The molecule has 3 aromatic rings. The summed E-state index contributed by atoms with van der Waals surface area (Å²) >= 11 is 1.37. The van der Waals surface area contributed by atoms with Crippen molar-refractivity contribution < 1.29 is 4.79 Å². The van der Waals surface area contributed by atoms with Crippen LogP contribution < -0.4 is 10.9 Å². The Morgan fingerprint density at radius 3 is 2.92 bits per heavy atom. The average Bonchev–Trinajstić information content (AvgIpc) is 3.05. The van der Waals surface area contributed by atoms with E-state index < -0.39 is 0 Å². The number of amides is 1. The van der Waals surface area contributed by atoms with Crippen molar-refractivity contribution in [1.82, 2.24) is 19.7 Å². The van der Waals surface area contributed by atoms with Crippen LogP contribution in [0.1, 0.15) is 36.8 Å². The number of unbranched alkanes of at least 4 members (excludes halogenated alkanes) is 2. The summed E-state index contributed by atoms with van der Waals surface area (Å²) in [7, 11) is 0. The molecular weight excluding hydrogens is 350 g/mol. The Balaban J connectivity index is 1.68. The molecule has 0 saturated heterocycles. The molecule has 0 fully saturated rings. The number of aromatic nitrogens is 4. The van der Waals surface area contributed by atoms with Crippen LogP contribution in [0.5, 0.6) is 0 Å². The molecule has 0 spiro atoms. The maximum atomic E-state index is 12.5. The molecule has 136 valence electrons. The Bertz CT molecular complexity index is 979. The van der Waals surface area contributed by atoms with Gasteiger partial charge in [-0.05, 0) is 25.0 Å². The number of carbonyl (C=O) groups is 1. The number of hydrogen-bond donors (Lipinski definition) is 1. The normalized spacial score (nSPS) is 11.0. The first kappa shape index (κ1) is 18.2. The van der Waals surface area contributed by atoms with Gasteiger partial charge >= 0.3 is 0 Å². The minimum absolute atomic E-state index is 0.111. The highest BCUT2D eigenvalue weighted by Gasteiger charge is 2.12. The molecule has 0 aliphatic carbocycles. The number of aryl methyl sites for hydroxylation is 2. The van der Waals surface area contributed by atoms with Gasteiger partial charge in [-0.25, -0.2) is 4.98 Å². The third-order valence-electron chi connectivity index (χ3n) is 4.08. The van der Waals surface area contributed by atoms with Crippen LogP contribution in [0.25, 0.3) is 10.9 Å². The lowest BCUT2D eigenvalue weighted by molar-refractivity contribution is -0.116. The predicted octanol–water partition coefficient (Wildman–Crippen LogP) is 2.93. The van der Waals surface area contributed by atoms with E-state index in [-0.39, 0.29) is 18.0 Å². The molecule has 0 unspecified atom stereocenters. The molecule has 7 nitrogen and oxygen atoms in total. The molecule has 0 bridgehead atoms. The molecule has 0 aliphatic heterocycles. The highest BCUT2D eigenvalue weighted by molar-refractivity contribution is 7.15. The number of anilines is 1. The van der Waals surface area contributed by atoms with E-state index in [9.17, 15) is 9.59 Å². The van der Waals surface area contributed by atoms with E-state index >= 15 is 0 Å². The zero-order valence-electron chi connectivity index (χ0n) is 14.9. The topological polar surface area (TPSA) is 89.8 Å². The Hall–Kier alpha value is -2.61. The van der Waals surface area contributed by atoms with Gasteiger partial charge in [-0.2, -0.15) is 0 Å². The van der Waals surface area contributed by atoms with Gasteiger partial charge in [0.2, 0.25) is 11.0 Å². The Labute approximate surface area is 155 Å². The van der Waals surface area contributed by atoms with Crippen LogP contribution in [0, 0.1) is 6.92 Å². The Kier molecular flexibility index (Phi) is 5.72. The second-order valence-corrected chi connectivity index (χ2v) is 7.22. The number of hydrogen-bond acceptors (Lipinski definition) is 6. The first-order valence-electron chi connectivity index (χ1n) is 8.65. The molecule has 2 heterocycles. The second-order valence-electron chi connectivity index (χ2n) is 6.15. The fourth-order valence-corrected chi connectivity index (χ4v) is 3.49. The first-order chi connectivity index (χ1) is 12.6. The number of benzene rings is 1. The first-order valence-corrected chi connectivity index (χ1v) is 9.47.